The topological polar surface area (TPSA) is 63.7 Å². The summed E-state index contributed by atoms with van der Waals surface area (Å²) >= 11 is 0. The Morgan fingerprint density at radius 2 is 1.83 bits per heavy atom. The number of hydrogen-bond acceptors (Lipinski definition) is 4. The molecule has 128 valence electrons. The fourth-order valence-electron chi connectivity index (χ4n) is 2.33. The molecule has 0 saturated carbocycles. The van der Waals surface area contributed by atoms with Gasteiger partial charge in [-0.1, -0.05) is 29.8 Å². The molecule has 0 fully saturated rings. The molecular weight excluding hydrogens is 326 g/mol. The van der Waals surface area contributed by atoms with Crippen LogP contribution in [0.3, 0.4) is 0 Å². The lowest BCUT2D eigenvalue weighted by Gasteiger charge is -2.20. The van der Waals surface area contributed by atoms with Gasteiger partial charge in [0, 0.05) is 6.54 Å². The smallest absolute Gasteiger partial charge is 0.243 e. The number of carbonyl (C=O) groups excluding carboxylic acids is 1. The molecule has 0 radical (unpaired) electrons. The average Bonchev–Trinajstić information content (AvgIpc) is 2.59. The normalized spacial score (nSPS) is 11.5. The van der Waals surface area contributed by atoms with Crippen molar-refractivity contribution in [1.82, 2.24) is 4.31 Å². The third-order valence-corrected chi connectivity index (χ3v) is 5.60. The Morgan fingerprint density at radius 3 is 2.46 bits per heavy atom. The zero-order valence-electron chi connectivity index (χ0n) is 13.8. The minimum absolute atomic E-state index is 0.166. The summed E-state index contributed by atoms with van der Waals surface area (Å²) in [7, 11) is -2.11. The maximum absolute atomic E-state index is 12.7. The lowest BCUT2D eigenvalue weighted by molar-refractivity contribution is -0.108. The number of benzene rings is 2. The van der Waals surface area contributed by atoms with Gasteiger partial charge in [0.05, 0.1) is 18.6 Å². The average molecular weight is 347 g/mol. The Bertz CT molecular complexity index is 785. The highest BCUT2D eigenvalue weighted by molar-refractivity contribution is 7.89. The number of methoxy groups -OCH3 is 1. The summed E-state index contributed by atoms with van der Waals surface area (Å²) in [5, 5.41) is 0. The molecule has 5 nitrogen and oxygen atoms in total. The molecule has 0 N–H and O–H groups in total. The highest BCUT2D eigenvalue weighted by atomic mass is 32.2. The second-order valence-corrected chi connectivity index (χ2v) is 7.38. The van der Waals surface area contributed by atoms with Gasteiger partial charge < -0.3 is 9.53 Å². The van der Waals surface area contributed by atoms with Crippen molar-refractivity contribution in [2.75, 3.05) is 20.2 Å². The quantitative estimate of drug-likeness (QED) is 0.688. The highest BCUT2D eigenvalue weighted by Gasteiger charge is 2.23. The lowest BCUT2D eigenvalue weighted by atomic mass is 10.1. The van der Waals surface area contributed by atoms with Crippen LogP contribution in [0.2, 0.25) is 0 Å². The number of rotatable bonds is 8. The number of hydrogen-bond donors (Lipinski definition) is 0. The van der Waals surface area contributed by atoms with E-state index in [1.807, 2.05) is 31.2 Å². The van der Waals surface area contributed by atoms with Crippen LogP contribution in [0.15, 0.2) is 53.4 Å². The predicted molar refractivity (Wildman–Crippen MR) is 92.7 cm³/mol. The Morgan fingerprint density at radius 1 is 1.12 bits per heavy atom. The molecule has 0 aliphatic heterocycles. The van der Waals surface area contributed by atoms with Crippen LogP contribution in [0.4, 0.5) is 0 Å². The zero-order valence-corrected chi connectivity index (χ0v) is 14.6. The van der Waals surface area contributed by atoms with Gasteiger partial charge in [-0.3, -0.25) is 0 Å². The summed E-state index contributed by atoms with van der Waals surface area (Å²) < 4.78 is 31.8. The predicted octanol–water partition coefficient (Wildman–Crippen LogP) is 2.44. The van der Waals surface area contributed by atoms with Crippen molar-refractivity contribution in [2.45, 2.75) is 18.2 Å². The first-order chi connectivity index (χ1) is 11.5. The molecule has 24 heavy (non-hydrogen) atoms. The second-order valence-electron chi connectivity index (χ2n) is 5.44. The van der Waals surface area contributed by atoms with Crippen LogP contribution in [0.25, 0.3) is 0 Å². The van der Waals surface area contributed by atoms with Gasteiger partial charge >= 0.3 is 0 Å². The molecule has 2 rings (SSSR count). The van der Waals surface area contributed by atoms with Crippen molar-refractivity contribution in [2.24, 2.45) is 0 Å². The summed E-state index contributed by atoms with van der Waals surface area (Å²) in [5.41, 5.74) is 1.93. The SMILES string of the molecule is COc1cccc(CCN(CC=O)S(=O)(=O)c2ccc(C)cc2)c1. The van der Waals surface area contributed by atoms with Gasteiger partial charge in [0.2, 0.25) is 10.0 Å². The van der Waals surface area contributed by atoms with Gasteiger partial charge in [0.25, 0.3) is 0 Å². The number of ether oxygens (including phenoxy) is 1. The van der Waals surface area contributed by atoms with E-state index in [9.17, 15) is 13.2 Å². The van der Waals surface area contributed by atoms with Crippen molar-refractivity contribution < 1.29 is 17.9 Å². The molecule has 2 aromatic carbocycles. The molecule has 0 aromatic heterocycles. The largest absolute Gasteiger partial charge is 0.497 e. The van der Waals surface area contributed by atoms with Crippen molar-refractivity contribution in [3.63, 3.8) is 0 Å². The van der Waals surface area contributed by atoms with Crippen molar-refractivity contribution >= 4 is 16.3 Å². The molecule has 6 heteroatoms. The summed E-state index contributed by atoms with van der Waals surface area (Å²) in [6.07, 6.45) is 1.10. The van der Waals surface area contributed by atoms with Crippen molar-refractivity contribution in [1.29, 1.82) is 0 Å². The number of aldehydes is 1. The molecule has 0 unspecified atom stereocenters. The van der Waals surface area contributed by atoms with Crippen LogP contribution in [-0.2, 0) is 21.2 Å². The third kappa shape index (κ3) is 4.43. The molecule has 2 aromatic rings. The van der Waals surface area contributed by atoms with Gasteiger partial charge in [-0.25, -0.2) is 8.42 Å². The van der Waals surface area contributed by atoms with Crippen LogP contribution in [0.5, 0.6) is 5.75 Å². The fraction of sp³-hybridized carbons (Fsp3) is 0.278. The maximum atomic E-state index is 12.7. The van der Waals surface area contributed by atoms with Crippen LogP contribution >= 0.6 is 0 Å². The molecule has 0 saturated heterocycles. The molecule has 0 amide bonds. The Hall–Kier alpha value is -2.18. The minimum Gasteiger partial charge on any atom is -0.497 e. The summed E-state index contributed by atoms with van der Waals surface area (Å²) in [4.78, 5) is 11.1. The van der Waals surface area contributed by atoms with Gasteiger partial charge in [-0.2, -0.15) is 4.31 Å². The van der Waals surface area contributed by atoms with Gasteiger partial charge in [-0.05, 0) is 43.2 Å². The van der Waals surface area contributed by atoms with Crippen molar-refractivity contribution in [3.05, 3.63) is 59.7 Å². The van der Waals surface area contributed by atoms with E-state index in [0.717, 1.165) is 16.9 Å². The Labute approximate surface area is 142 Å². The fourth-order valence-corrected chi connectivity index (χ4v) is 3.70. The molecule has 0 bridgehead atoms. The number of sulfonamides is 1. The van der Waals surface area contributed by atoms with E-state index in [2.05, 4.69) is 0 Å². The summed E-state index contributed by atoms with van der Waals surface area (Å²) in [5.74, 6) is 0.718. The van der Waals surface area contributed by atoms with E-state index in [0.29, 0.717) is 12.7 Å². The molecular formula is C18H21NO4S. The van der Waals surface area contributed by atoms with Crippen LogP contribution in [0, 0.1) is 6.92 Å². The third-order valence-electron chi connectivity index (χ3n) is 3.72. The monoisotopic (exact) mass is 347 g/mol. The Kier molecular flexibility index (Phi) is 6.11. The zero-order chi connectivity index (χ0) is 17.6. The van der Waals surface area contributed by atoms with E-state index in [1.54, 1.807) is 31.4 Å². The van der Waals surface area contributed by atoms with Crippen LogP contribution < -0.4 is 4.74 Å². The molecule has 0 spiro atoms. The maximum Gasteiger partial charge on any atom is 0.243 e. The number of aryl methyl sites for hydroxylation is 1. The lowest BCUT2D eigenvalue weighted by Crippen LogP contribution is -2.34. The van der Waals surface area contributed by atoms with E-state index in [4.69, 9.17) is 4.74 Å². The van der Waals surface area contributed by atoms with Gasteiger partial charge in [0.1, 0.15) is 12.0 Å². The number of nitrogens with zero attached hydrogens (tertiary/aromatic N) is 1. The molecule has 0 aliphatic carbocycles. The van der Waals surface area contributed by atoms with Crippen LogP contribution in [-0.4, -0.2) is 39.2 Å². The molecule has 0 heterocycles. The Balaban J connectivity index is 2.18. The van der Waals surface area contributed by atoms with Gasteiger partial charge in [0.15, 0.2) is 0 Å². The molecule has 0 atom stereocenters. The number of carbonyl (C=O) groups is 1. The first-order valence-corrected chi connectivity index (χ1v) is 9.05. The van der Waals surface area contributed by atoms with E-state index < -0.39 is 10.0 Å². The van der Waals surface area contributed by atoms with Crippen molar-refractivity contribution in [3.8, 4) is 5.75 Å². The molecule has 0 aliphatic rings. The summed E-state index contributed by atoms with van der Waals surface area (Å²) in [6.45, 7) is 1.95. The van der Waals surface area contributed by atoms with Crippen LogP contribution in [0.1, 0.15) is 11.1 Å². The standard InChI is InChI=1S/C18H21NO4S/c1-15-6-8-18(9-7-15)24(21,22)19(12-13-20)11-10-16-4-3-5-17(14-16)23-2/h3-9,13-14H,10-12H2,1-2H3. The van der Waals surface area contributed by atoms with E-state index in [-0.39, 0.29) is 18.0 Å². The van der Waals surface area contributed by atoms with E-state index in [1.165, 1.54) is 4.31 Å². The minimum atomic E-state index is -3.69. The first kappa shape index (κ1) is 18.2. The summed E-state index contributed by atoms with van der Waals surface area (Å²) in [6, 6.07) is 14.1. The van der Waals surface area contributed by atoms with Gasteiger partial charge in [-0.15, -0.1) is 0 Å². The first-order valence-electron chi connectivity index (χ1n) is 7.61. The highest BCUT2D eigenvalue weighted by Crippen LogP contribution is 2.18. The second kappa shape index (κ2) is 8.08. The van der Waals surface area contributed by atoms with E-state index >= 15 is 0 Å².